The van der Waals surface area contributed by atoms with Crippen molar-refractivity contribution in [3.05, 3.63) is 59.4 Å². The predicted octanol–water partition coefficient (Wildman–Crippen LogP) is 2.70. The summed E-state index contributed by atoms with van der Waals surface area (Å²) in [5, 5.41) is 9.69. The van der Waals surface area contributed by atoms with Crippen LogP contribution in [0.15, 0.2) is 48.1 Å². The number of fused-ring (bicyclic) bond motifs is 5. The van der Waals surface area contributed by atoms with Crippen LogP contribution in [0.25, 0.3) is 5.69 Å². The summed E-state index contributed by atoms with van der Waals surface area (Å²) in [6, 6.07) is 5.33. The van der Waals surface area contributed by atoms with E-state index in [1.165, 1.54) is 0 Å². The fourth-order valence-corrected chi connectivity index (χ4v) is 2.98. The van der Waals surface area contributed by atoms with Gasteiger partial charge < -0.3 is 5.11 Å². The van der Waals surface area contributed by atoms with Gasteiger partial charge in [0.1, 0.15) is 5.69 Å². The van der Waals surface area contributed by atoms with Gasteiger partial charge in [0.25, 0.3) is 5.84 Å². The third-order valence-electron chi connectivity index (χ3n) is 3.68. The zero-order chi connectivity index (χ0) is 15.3. The largest absolute Gasteiger partial charge is 0.557 e. The zero-order valence-electron chi connectivity index (χ0n) is 11.2. The van der Waals surface area contributed by atoms with Crippen molar-refractivity contribution in [3.8, 4) is 5.69 Å². The number of carboxylic acid groups (broad SMARTS) is 1. The second kappa shape index (κ2) is 4.43. The predicted molar refractivity (Wildman–Crippen MR) is 77.3 cm³/mol. The highest BCUT2D eigenvalue weighted by Crippen LogP contribution is 2.34. The summed E-state index contributed by atoms with van der Waals surface area (Å²) < 4.78 is 1.51. The van der Waals surface area contributed by atoms with Crippen molar-refractivity contribution in [2.24, 2.45) is 4.99 Å². The SMILES string of the molecule is O=C(O)O[N+]12C=CN=C1c1ccc(Cl)cc1-n1cncc1C2. The van der Waals surface area contributed by atoms with Gasteiger partial charge in [-0.05, 0) is 22.8 Å². The van der Waals surface area contributed by atoms with E-state index in [9.17, 15) is 4.79 Å². The maximum Gasteiger partial charge on any atom is 0.557 e. The average molecular weight is 318 g/mol. The summed E-state index contributed by atoms with van der Waals surface area (Å²) in [5.41, 5.74) is 2.32. The molecule has 110 valence electrons. The van der Waals surface area contributed by atoms with E-state index >= 15 is 0 Å². The molecule has 0 bridgehead atoms. The van der Waals surface area contributed by atoms with Gasteiger partial charge in [0, 0.05) is 5.02 Å². The van der Waals surface area contributed by atoms with E-state index in [4.69, 9.17) is 21.5 Å². The van der Waals surface area contributed by atoms with Gasteiger partial charge in [-0.3, -0.25) is 4.57 Å². The molecule has 1 N–H and O–H groups in total. The molecule has 4 rings (SSSR count). The van der Waals surface area contributed by atoms with Crippen LogP contribution in [0, 0.1) is 0 Å². The first-order chi connectivity index (χ1) is 10.6. The van der Waals surface area contributed by atoms with Crippen molar-refractivity contribution < 1.29 is 19.4 Å². The van der Waals surface area contributed by atoms with Crippen LogP contribution in [0.3, 0.4) is 0 Å². The topological polar surface area (TPSA) is 76.7 Å². The molecule has 2 aromatic rings. The van der Waals surface area contributed by atoms with Crippen LogP contribution in [0.4, 0.5) is 4.79 Å². The number of nitrogens with zero attached hydrogens (tertiary/aromatic N) is 4. The third-order valence-corrected chi connectivity index (χ3v) is 3.91. The Kier molecular flexibility index (Phi) is 2.63. The van der Waals surface area contributed by atoms with Gasteiger partial charge in [-0.1, -0.05) is 11.6 Å². The highest BCUT2D eigenvalue weighted by Gasteiger charge is 2.46. The van der Waals surface area contributed by atoms with Crippen molar-refractivity contribution >= 4 is 23.6 Å². The maximum atomic E-state index is 11.2. The van der Waals surface area contributed by atoms with E-state index in [0.717, 1.165) is 16.9 Å². The standard InChI is InChI=1S/C14H9ClN4O3/c15-9-1-2-11-12(5-9)18-8-16-6-10(18)7-19(22-14(20)21)4-3-17-13(11)19/h1-6,8H,7H2/p+1. The molecule has 3 heterocycles. The molecule has 1 atom stereocenters. The molecule has 0 radical (unpaired) electrons. The molecule has 1 unspecified atom stereocenters. The number of halogens is 1. The number of imidazole rings is 1. The minimum atomic E-state index is -1.37. The first-order valence-electron chi connectivity index (χ1n) is 6.47. The second-order valence-electron chi connectivity index (χ2n) is 4.98. The molecule has 0 spiro atoms. The monoisotopic (exact) mass is 317 g/mol. The van der Waals surface area contributed by atoms with Gasteiger partial charge in [0.2, 0.25) is 0 Å². The summed E-state index contributed by atoms with van der Waals surface area (Å²) in [6.07, 6.45) is 5.11. The minimum Gasteiger partial charge on any atom is -0.446 e. The Bertz CT molecular complexity index is 858. The van der Waals surface area contributed by atoms with Crippen LogP contribution in [-0.2, 0) is 11.4 Å². The van der Waals surface area contributed by atoms with Gasteiger partial charge in [-0.2, -0.15) is 9.79 Å². The Morgan fingerprint density at radius 3 is 3.14 bits per heavy atom. The fraction of sp³-hybridized carbons (Fsp3) is 0.0714. The summed E-state index contributed by atoms with van der Waals surface area (Å²) in [7, 11) is 0. The van der Waals surface area contributed by atoms with Crippen LogP contribution in [0.2, 0.25) is 5.02 Å². The molecule has 7 nitrogen and oxygen atoms in total. The van der Waals surface area contributed by atoms with Crippen molar-refractivity contribution in [1.82, 2.24) is 9.55 Å². The molecule has 0 saturated carbocycles. The number of hydrogen-bond acceptors (Lipinski definition) is 4. The van der Waals surface area contributed by atoms with E-state index in [2.05, 4.69) is 9.98 Å². The number of quaternary nitrogens is 1. The lowest BCUT2D eigenvalue weighted by Crippen LogP contribution is -2.46. The Morgan fingerprint density at radius 1 is 1.45 bits per heavy atom. The minimum absolute atomic E-state index is 0.258. The number of benzene rings is 1. The van der Waals surface area contributed by atoms with Gasteiger partial charge in [0.15, 0.2) is 12.7 Å². The highest BCUT2D eigenvalue weighted by atomic mass is 35.5. The van der Waals surface area contributed by atoms with Crippen molar-refractivity contribution in [2.45, 2.75) is 6.54 Å². The molecule has 2 aliphatic heterocycles. The van der Waals surface area contributed by atoms with E-state index < -0.39 is 6.16 Å². The molecule has 1 aromatic carbocycles. The normalized spacial score (nSPS) is 21.4. The van der Waals surface area contributed by atoms with Gasteiger partial charge >= 0.3 is 6.16 Å². The van der Waals surface area contributed by atoms with Crippen molar-refractivity contribution in [1.29, 1.82) is 0 Å². The molecule has 2 aliphatic rings. The highest BCUT2D eigenvalue weighted by molar-refractivity contribution is 6.31. The average Bonchev–Trinajstić information content (AvgIpc) is 3.04. The van der Waals surface area contributed by atoms with Crippen LogP contribution >= 0.6 is 11.6 Å². The number of rotatable bonds is 1. The lowest BCUT2D eigenvalue weighted by molar-refractivity contribution is -0.986. The number of aliphatic imine (C=N–C) groups is 1. The number of carbonyl (C=O) groups is 1. The van der Waals surface area contributed by atoms with Crippen LogP contribution < -0.4 is 0 Å². The fourth-order valence-electron chi connectivity index (χ4n) is 2.82. The lowest BCUT2D eigenvalue weighted by atomic mass is 10.1. The molecule has 0 fully saturated rings. The molecule has 1 aromatic heterocycles. The first-order valence-corrected chi connectivity index (χ1v) is 6.85. The first kappa shape index (κ1) is 13.1. The lowest BCUT2D eigenvalue weighted by Gasteiger charge is -2.24. The Labute approximate surface area is 129 Å². The third kappa shape index (κ3) is 1.76. The van der Waals surface area contributed by atoms with Crippen molar-refractivity contribution in [2.75, 3.05) is 0 Å². The number of hydroxylamine groups is 3. The molecular formula is C14H10ClN4O3+. The number of aromatic nitrogens is 2. The van der Waals surface area contributed by atoms with E-state index in [1.807, 2.05) is 4.57 Å². The second-order valence-corrected chi connectivity index (χ2v) is 5.41. The Morgan fingerprint density at radius 2 is 2.32 bits per heavy atom. The quantitative estimate of drug-likeness (QED) is 0.820. The number of hydrogen-bond donors (Lipinski definition) is 1. The van der Waals surface area contributed by atoms with Crippen LogP contribution in [0.5, 0.6) is 0 Å². The zero-order valence-corrected chi connectivity index (χ0v) is 11.9. The molecule has 0 amide bonds. The van der Waals surface area contributed by atoms with Crippen LogP contribution in [-0.4, -0.2) is 31.3 Å². The maximum absolute atomic E-state index is 11.2. The molecule has 0 aliphatic carbocycles. The summed E-state index contributed by atoms with van der Waals surface area (Å²) >= 11 is 6.11. The van der Waals surface area contributed by atoms with E-state index in [1.54, 1.807) is 43.1 Å². The Hall–Kier alpha value is -2.64. The molecular weight excluding hydrogens is 308 g/mol. The molecule has 0 saturated heterocycles. The summed E-state index contributed by atoms with van der Waals surface area (Å²) in [6.45, 7) is 0.258. The van der Waals surface area contributed by atoms with E-state index in [0.29, 0.717) is 10.9 Å². The van der Waals surface area contributed by atoms with E-state index in [-0.39, 0.29) is 11.2 Å². The molecule has 22 heavy (non-hydrogen) atoms. The van der Waals surface area contributed by atoms with Crippen molar-refractivity contribution in [3.63, 3.8) is 0 Å². The summed E-state index contributed by atoms with van der Waals surface area (Å²) in [4.78, 5) is 24.8. The smallest absolute Gasteiger partial charge is 0.446 e. The summed E-state index contributed by atoms with van der Waals surface area (Å²) in [5.74, 6) is 0.498. The van der Waals surface area contributed by atoms with Crippen LogP contribution in [0.1, 0.15) is 11.3 Å². The van der Waals surface area contributed by atoms with Gasteiger partial charge in [-0.25, -0.2) is 9.82 Å². The molecule has 8 heteroatoms. The Balaban J connectivity index is 2.01. The van der Waals surface area contributed by atoms with Gasteiger partial charge in [0.05, 0.1) is 30.0 Å². The number of amidine groups is 1. The van der Waals surface area contributed by atoms with Gasteiger partial charge in [-0.15, -0.1) is 0 Å².